The van der Waals surface area contributed by atoms with Crippen LogP contribution >= 0.6 is 0 Å². The smallest absolute Gasteiger partial charge is 0.221 e. The highest BCUT2D eigenvalue weighted by Gasteiger charge is 2.46. The van der Waals surface area contributed by atoms with Gasteiger partial charge in [0.15, 0.2) is 0 Å². The molecule has 2 heteroatoms. The van der Waals surface area contributed by atoms with Crippen LogP contribution < -0.4 is 4.74 Å². The van der Waals surface area contributed by atoms with Crippen LogP contribution in [0, 0.1) is 0 Å². The van der Waals surface area contributed by atoms with Crippen LogP contribution in [-0.2, 0) is 10.4 Å². The molecule has 2 nitrogen and oxygen atoms in total. The lowest BCUT2D eigenvalue weighted by Crippen LogP contribution is -2.44. The van der Waals surface area contributed by atoms with E-state index >= 15 is 0 Å². The molecule has 6 rings (SSSR count). The highest BCUT2D eigenvalue weighted by Crippen LogP contribution is 2.45. The molecule has 0 saturated carbocycles. The predicted octanol–water partition coefficient (Wildman–Crippen LogP) is 7.43. The van der Waals surface area contributed by atoms with Crippen LogP contribution in [0.1, 0.15) is 16.7 Å². The molecule has 1 atom stereocenters. The van der Waals surface area contributed by atoms with Gasteiger partial charge in [0, 0.05) is 16.7 Å². The molecule has 1 aliphatic rings. The molecule has 0 aromatic heterocycles. The fourth-order valence-corrected chi connectivity index (χ4v) is 4.92. The largest absolute Gasteiger partial charge is 0.469 e. The van der Waals surface area contributed by atoms with E-state index in [9.17, 15) is 4.79 Å². The molecule has 0 radical (unpaired) electrons. The van der Waals surface area contributed by atoms with Crippen LogP contribution in [0.4, 0.5) is 0 Å². The quantitative estimate of drug-likeness (QED) is 0.292. The van der Waals surface area contributed by atoms with Gasteiger partial charge in [-0.25, -0.2) is 0 Å². The summed E-state index contributed by atoms with van der Waals surface area (Å²) in [6, 6.07) is 40.3. The minimum absolute atomic E-state index is 0.0930. The average Bonchev–Trinajstić information content (AvgIpc) is 2.91. The molecule has 0 saturated heterocycles. The first-order valence-electron chi connectivity index (χ1n) is 11.4. The standard InChI is InChI=1S/C32H22O2/c33-30-22-20-24-12-8-10-18-28(24)32(30,26-15-5-2-6-16-26)34-29-21-19-23-11-7-9-17-27(23)31(29)25-13-3-1-4-14-25/h1-22H/t32-/m1/s1. The van der Waals surface area contributed by atoms with Crippen LogP contribution in [0.2, 0.25) is 0 Å². The first kappa shape index (κ1) is 20.2. The third-order valence-electron chi connectivity index (χ3n) is 6.50. The van der Waals surface area contributed by atoms with Gasteiger partial charge in [0.05, 0.1) is 0 Å². The van der Waals surface area contributed by atoms with E-state index in [4.69, 9.17) is 4.74 Å². The van der Waals surface area contributed by atoms with Gasteiger partial charge in [-0.15, -0.1) is 0 Å². The van der Waals surface area contributed by atoms with Gasteiger partial charge in [-0.1, -0.05) is 121 Å². The second-order valence-corrected chi connectivity index (χ2v) is 8.46. The highest BCUT2D eigenvalue weighted by atomic mass is 16.5. The summed E-state index contributed by atoms with van der Waals surface area (Å²) in [4.78, 5) is 13.8. The van der Waals surface area contributed by atoms with Gasteiger partial charge < -0.3 is 4.74 Å². The van der Waals surface area contributed by atoms with Crippen molar-refractivity contribution in [3.63, 3.8) is 0 Å². The van der Waals surface area contributed by atoms with Crippen molar-refractivity contribution >= 4 is 22.6 Å². The number of hydrogen-bond donors (Lipinski definition) is 0. The van der Waals surface area contributed by atoms with Crippen molar-refractivity contribution in [1.82, 2.24) is 0 Å². The van der Waals surface area contributed by atoms with Gasteiger partial charge in [0.25, 0.3) is 0 Å². The van der Waals surface area contributed by atoms with E-state index in [1.165, 1.54) is 0 Å². The Kier molecular flexibility index (Phi) is 4.85. The summed E-state index contributed by atoms with van der Waals surface area (Å²) < 4.78 is 6.96. The Hall–Kier alpha value is -4.43. The molecule has 1 aliphatic carbocycles. The number of fused-ring (bicyclic) bond motifs is 2. The number of carbonyl (C=O) groups is 1. The number of benzene rings is 5. The second-order valence-electron chi connectivity index (χ2n) is 8.46. The van der Waals surface area contributed by atoms with Crippen LogP contribution in [0.3, 0.4) is 0 Å². The zero-order valence-corrected chi connectivity index (χ0v) is 18.5. The van der Waals surface area contributed by atoms with E-state index in [2.05, 4.69) is 30.3 Å². The lowest BCUT2D eigenvalue weighted by Gasteiger charge is -2.37. The Morgan fingerprint density at radius 1 is 0.588 bits per heavy atom. The molecule has 5 aromatic rings. The van der Waals surface area contributed by atoms with Crippen molar-refractivity contribution in [3.05, 3.63) is 144 Å². The Labute approximate surface area is 198 Å². The molecule has 162 valence electrons. The molecule has 0 fully saturated rings. The lowest BCUT2D eigenvalue weighted by atomic mass is 9.77. The SMILES string of the molecule is O=C1C=Cc2ccccc2[C@]1(Oc1ccc2ccccc2c1-c1ccccc1)c1ccccc1. The van der Waals surface area contributed by atoms with Crippen LogP contribution in [0.15, 0.2) is 127 Å². The summed E-state index contributed by atoms with van der Waals surface area (Å²) >= 11 is 0. The van der Waals surface area contributed by atoms with Crippen molar-refractivity contribution in [2.24, 2.45) is 0 Å². The summed E-state index contributed by atoms with van der Waals surface area (Å²) in [5, 5.41) is 2.21. The van der Waals surface area contributed by atoms with Gasteiger partial charge in [0.2, 0.25) is 11.4 Å². The zero-order chi connectivity index (χ0) is 23.0. The first-order valence-corrected chi connectivity index (χ1v) is 11.4. The maximum atomic E-state index is 13.8. The molecule has 34 heavy (non-hydrogen) atoms. The minimum Gasteiger partial charge on any atom is -0.469 e. The van der Waals surface area contributed by atoms with Gasteiger partial charge in [-0.05, 0) is 34.0 Å². The van der Waals surface area contributed by atoms with Gasteiger partial charge in [-0.3, -0.25) is 4.79 Å². The lowest BCUT2D eigenvalue weighted by molar-refractivity contribution is -0.127. The van der Waals surface area contributed by atoms with Crippen LogP contribution in [-0.4, -0.2) is 5.78 Å². The molecule has 0 heterocycles. The fourth-order valence-electron chi connectivity index (χ4n) is 4.92. The predicted molar refractivity (Wildman–Crippen MR) is 138 cm³/mol. The summed E-state index contributed by atoms with van der Waals surface area (Å²) in [7, 11) is 0. The molecule has 0 N–H and O–H groups in total. The van der Waals surface area contributed by atoms with Crippen molar-refractivity contribution in [2.45, 2.75) is 5.60 Å². The minimum atomic E-state index is -1.28. The van der Waals surface area contributed by atoms with Crippen LogP contribution in [0.25, 0.3) is 28.0 Å². The van der Waals surface area contributed by atoms with Crippen LogP contribution in [0.5, 0.6) is 5.75 Å². The molecule has 0 bridgehead atoms. The molecule has 5 aromatic carbocycles. The monoisotopic (exact) mass is 438 g/mol. The third kappa shape index (κ3) is 3.15. The summed E-state index contributed by atoms with van der Waals surface area (Å²) in [6.45, 7) is 0. The van der Waals surface area contributed by atoms with E-state index in [0.717, 1.165) is 38.6 Å². The molecule has 0 unspecified atom stereocenters. The maximum absolute atomic E-state index is 13.8. The van der Waals surface area contributed by atoms with E-state index < -0.39 is 5.60 Å². The Morgan fingerprint density at radius 3 is 2.09 bits per heavy atom. The molecule has 0 aliphatic heterocycles. The topological polar surface area (TPSA) is 26.3 Å². The van der Waals surface area contributed by atoms with Gasteiger partial charge >= 0.3 is 0 Å². The average molecular weight is 439 g/mol. The van der Waals surface area contributed by atoms with Crippen molar-refractivity contribution in [2.75, 3.05) is 0 Å². The Bertz CT molecular complexity index is 1530. The molecule has 0 amide bonds. The summed E-state index contributed by atoms with van der Waals surface area (Å²) in [5.74, 6) is 0.580. The maximum Gasteiger partial charge on any atom is 0.221 e. The van der Waals surface area contributed by atoms with Gasteiger partial charge in [-0.2, -0.15) is 0 Å². The summed E-state index contributed by atoms with van der Waals surface area (Å²) in [6.07, 6.45) is 3.51. The highest BCUT2D eigenvalue weighted by molar-refractivity contribution is 6.07. The summed E-state index contributed by atoms with van der Waals surface area (Å²) in [5.41, 5.74) is 3.38. The molecular formula is C32H22O2. The van der Waals surface area contributed by atoms with Crippen molar-refractivity contribution in [3.8, 4) is 16.9 Å². The molecular weight excluding hydrogens is 416 g/mol. The Morgan fingerprint density at radius 2 is 1.26 bits per heavy atom. The third-order valence-corrected chi connectivity index (χ3v) is 6.50. The molecule has 0 spiro atoms. The van der Waals surface area contributed by atoms with Crippen molar-refractivity contribution in [1.29, 1.82) is 0 Å². The normalized spacial score (nSPS) is 16.9. The number of carbonyl (C=O) groups excluding carboxylic acids is 1. The number of ether oxygens (including phenoxy) is 1. The number of hydrogen-bond acceptors (Lipinski definition) is 2. The number of ketones is 1. The van der Waals surface area contributed by atoms with E-state index in [1.54, 1.807) is 6.08 Å². The van der Waals surface area contributed by atoms with Gasteiger partial charge in [0.1, 0.15) is 5.75 Å². The van der Waals surface area contributed by atoms with E-state index in [0.29, 0.717) is 5.75 Å². The first-order chi connectivity index (χ1) is 16.8. The Balaban J connectivity index is 1.65. The number of rotatable bonds is 4. The van der Waals surface area contributed by atoms with E-state index in [1.807, 2.05) is 97.1 Å². The van der Waals surface area contributed by atoms with Crippen molar-refractivity contribution < 1.29 is 9.53 Å². The fraction of sp³-hybridized carbons (Fsp3) is 0.0312. The van der Waals surface area contributed by atoms with E-state index in [-0.39, 0.29) is 5.78 Å². The zero-order valence-electron chi connectivity index (χ0n) is 18.5. The second kappa shape index (κ2) is 8.17.